The number of anilines is 1. The largest absolute Gasteiger partial charge is 0.477 e. The number of carboxylic acids is 1. The number of carbonyl (C=O) groups is 2. The molecule has 0 spiro atoms. The van der Waals surface area contributed by atoms with Crippen molar-refractivity contribution in [3.8, 4) is 0 Å². The number of H-pyrrole nitrogens is 1. The summed E-state index contributed by atoms with van der Waals surface area (Å²) in [6, 6.07) is 9.08. The maximum atomic E-state index is 11.9. The number of aromatic nitrogens is 1. The van der Waals surface area contributed by atoms with Gasteiger partial charge in [-0.2, -0.15) is 0 Å². The molecule has 1 aromatic carbocycles. The summed E-state index contributed by atoms with van der Waals surface area (Å²) in [7, 11) is 0. The highest BCUT2D eigenvalue weighted by molar-refractivity contribution is 6.03. The molecule has 5 nitrogen and oxygen atoms in total. The lowest BCUT2D eigenvalue weighted by Crippen LogP contribution is -2.07. The molecule has 2 aromatic rings. The highest BCUT2D eigenvalue weighted by Crippen LogP contribution is 2.21. The third-order valence-electron chi connectivity index (χ3n) is 3.37. The van der Waals surface area contributed by atoms with Crippen molar-refractivity contribution in [3.05, 3.63) is 58.9 Å². The summed E-state index contributed by atoms with van der Waals surface area (Å²) in [4.78, 5) is 26.0. The van der Waals surface area contributed by atoms with Crippen LogP contribution in [0.5, 0.6) is 0 Å². The van der Waals surface area contributed by atoms with E-state index in [1.165, 1.54) is 6.08 Å². The Balaban J connectivity index is 2.22. The summed E-state index contributed by atoms with van der Waals surface area (Å²) in [5.74, 6) is -1.34. The molecule has 0 fully saturated rings. The van der Waals surface area contributed by atoms with Crippen LogP contribution in [0.2, 0.25) is 0 Å². The fraction of sp³-hybridized carbons (Fsp3) is 0.176. The second-order valence-corrected chi connectivity index (χ2v) is 4.86. The number of aromatic carboxylic acids is 1. The first kappa shape index (κ1) is 15.6. The molecule has 114 valence electrons. The van der Waals surface area contributed by atoms with E-state index in [9.17, 15) is 14.7 Å². The molecule has 1 amide bonds. The topological polar surface area (TPSA) is 82.2 Å². The lowest BCUT2D eigenvalue weighted by Gasteiger charge is -2.01. The van der Waals surface area contributed by atoms with E-state index >= 15 is 0 Å². The average molecular weight is 298 g/mol. The van der Waals surface area contributed by atoms with Gasteiger partial charge in [-0.05, 0) is 37.1 Å². The number of amides is 1. The van der Waals surface area contributed by atoms with Crippen molar-refractivity contribution in [1.29, 1.82) is 0 Å². The van der Waals surface area contributed by atoms with E-state index in [4.69, 9.17) is 0 Å². The van der Waals surface area contributed by atoms with Crippen LogP contribution in [0.25, 0.3) is 6.08 Å². The molecule has 5 heteroatoms. The van der Waals surface area contributed by atoms with Crippen LogP contribution in [0.15, 0.2) is 36.4 Å². The number of hydrogen-bond acceptors (Lipinski definition) is 2. The summed E-state index contributed by atoms with van der Waals surface area (Å²) in [5, 5.41) is 12.0. The molecule has 0 radical (unpaired) electrons. The second-order valence-electron chi connectivity index (χ2n) is 4.86. The Morgan fingerprint density at radius 1 is 1.27 bits per heavy atom. The van der Waals surface area contributed by atoms with Crippen molar-refractivity contribution in [1.82, 2.24) is 4.98 Å². The molecular weight excluding hydrogens is 280 g/mol. The normalized spacial score (nSPS) is 10.8. The number of para-hydroxylation sites is 1. The van der Waals surface area contributed by atoms with Crippen LogP contribution in [0, 0.1) is 6.92 Å². The molecule has 22 heavy (non-hydrogen) atoms. The van der Waals surface area contributed by atoms with Crippen LogP contribution < -0.4 is 5.32 Å². The Morgan fingerprint density at radius 2 is 1.95 bits per heavy atom. The van der Waals surface area contributed by atoms with Gasteiger partial charge in [0.25, 0.3) is 0 Å². The van der Waals surface area contributed by atoms with Gasteiger partial charge in [-0.1, -0.05) is 25.1 Å². The highest BCUT2D eigenvalue weighted by atomic mass is 16.4. The van der Waals surface area contributed by atoms with Crippen molar-refractivity contribution in [2.75, 3.05) is 5.32 Å². The zero-order chi connectivity index (χ0) is 16.1. The van der Waals surface area contributed by atoms with Gasteiger partial charge in [-0.3, -0.25) is 4.79 Å². The molecule has 0 saturated carbocycles. The number of aromatic amines is 1. The molecule has 0 aliphatic heterocycles. The lowest BCUT2D eigenvalue weighted by molar-refractivity contribution is -0.111. The van der Waals surface area contributed by atoms with Crippen LogP contribution in [0.4, 0.5) is 5.69 Å². The minimum Gasteiger partial charge on any atom is -0.477 e. The average Bonchev–Trinajstić information content (AvgIpc) is 2.82. The molecule has 1 heterocycles. The van der Waals surface area contributed by atoms with Crippen LogP contribution in [-0.4, -0.2) is 22.0 Å². The SMILES string of the molecule is CCc1c(C)[nH]c(C(=O)O)c1/C=C/C(=O)Nc1ccccc1. The molecule has 0 bridgehead atoms. The second kappa shape index (κ2) is 6.76. The maximum absolute atomic E-state index is 11.9. The van der Waals surface area contributed by atoms with Crippen LogP contribution >= 0.6 is 0 Å². The number of hydrogen-bond donors (Lipinski definition) is 3. The van der Waals surface area contributed by atoms with Gasteiger partial charge in [0.05, 0.1) is 0 Å². The van der Waals surface area contributed by atoms with Crippen molar-refractivity contribution >= 4 is 23.6 Å². The first-order valence-electron chi connectivity index (χ1n) is 7.01. The number of aryl methyl sites for hydroxylation is 1. The van der Waals surface area contributed by atoms with E-state index in [0.717, 1.165) is 11.3 Å². The van der Waals surface area contributed by atoms with Crippen molar-refractivity contribution in [2.45, 2.75) is 20.3 Å². The highest BCUT2D eigenvalue weighted by Gasteiger charge is 2.16. The third kappa shape index (κ3) is 3.44. The van der Waals surface area contributed by atoms with E-state index in [0.29, 0.717) is 17.7 Å². The summed E-state index contributed by atoms with van der Waals surface area (Å²) in [6.45, 7) is 3.77. The van der Waals surface area contributed by atoms with Gasteiger partial charge in [0.15, 0.2) is 0 Å². The van der Waals surface area contributed by atoms with Gasteiger partial charge >= 0.3 is 5.97 Å². The molecule has 3 N–H and O–H groups in total. The van der Waals surface area contributed by atoms with Gasteiger partial charge in [0.1, 0.15) is 5.69 Å². The number of nitrogens with one attached hydrogen (secondary N) is 2. The lowest BCUT2D eigenvalue weighted by atomic mass is 10.1. The van der Waals surface area contributed by atoms with E-state index in [-0.39, 0.29) is 11.6 Å². The van der Waals surface area contributed by atoms with Crippen molar-refractivity contribution < 1.29 is 14.7 Å². The first-order valence-corrected chi connectivity index (χ1v) is 7.01. The Bertz CT molecular complexity index is 715. The summed E-state index contributed by atoms with van der Waals surface area (Å²) >= 11 is 0. The van der Waals surface area contributed by atoms with Crippen LogP contribution in [-0.2, 0) is 11.2 Å². The minimum absolute atomic E-state index is 0.109. The fourth-order valence-corrected chi connectivity index (χ4v) is 2.36. The molecule has 0 atom stereocenters. The predicted molar refractivity (Wildman–Crippen MR) is 86.0 cm³/mol. The number of rotatable bonds is 5. The van der Waals surface area contributed by atoms with Gasteiger partial charge < -0.3 is 15.4 Å². The standard InChI is InChI=1S/C17H18N2O3/c1-3-13-11(2)18-16(17(21)22)14(13)9-10-15(20)19-12-7-5-4-6-8-12/h4-10,18H,3H2,1-2H3,(H,19,20)(H,21,22)/b10-9+. The summed E-state index contributed by atoms with van der Waals surface area (Å²) < 4.78 is 0. The zero-order valence-corrected chi connectivity index (χ0v) is 12.5. The Kier molecular flexibility index (Phi) is 4.78. The van der Waals surface area contributed by atoms with E-state index in [1.54, 1.807) is 18.2 Å². The van der Waals surface area contributed by atoms with E-state index in [1.807, 2.05) is 32.0 Å². The number of carbonyl (C=O) groups excluding carboxylic acids is 1. The zero-order valence-electron chi connectivity index (χ0n) is 12.5. The maximum Gasteiger partial charge on any atom is 0.352 e. The Hall–Kier alpha value is -2.82. The molecule has 0 unspecified atom stereocenters. The van der Waals surface area contributed by atoms with Crippen LogP contribution in [0.1, 0.15) is 34.2 Å². The number of carboxylic acid groups (broad SMARTS) is 1. The minimum atomic E-state index is -1.04. The summed E-state index contributed by atoms with van der Waals surface area (Å²) in [5.41, 5.74) is 3.06. The van der Waals surface area contributed by atoms with E-state index < -0.39 is 5.97 Å². The van der Waals surface area contributed by atoms with Gasteiger partial charge in [-0.15, -0.1) is 0 Å². The Morgan fingerprint density at radius 3 is 2.55 bits per heavy atom. The molecule has 1 aromatic heterocycles. The Labute approximate surface area is 128 Å². The molecule has 2 rings (SSSR count). The van der Waals surface area contributed by atoms with Crippen molar-refractivity contribution in [2.24, 2.45) is 0 Å². The predicted octanol–water partition coefficient (Wildman–Crippen LogP) is 3.24. The van der Waals surface area contributed by atoms with Gasteiger partial charge in [0, 0.05) is 23.0 Å². The fourth-order valence-electron chi connectivity index (χ4n) is 2.36. The van der Waals surface area contributed by atoms with Crippen molar-refractivity contribution in [3.63, 3.8) is 0 Å². The molecule has 0 aliphatic carbocycles. The molecule has 0 aliphatic rings. The smallest absolute Gasteiger partial charge is 0.352 e. The summed E-state index contributed by atoms with van der Waals surface area (Å²) in [6.07, 6.45) is 3.58. The third-order valence-corrected chi connectivity index (χ3v) is 3.37. The first-order chi connectivity index (χ1) is 10.5. The molecular formula is C17H18N2O3. The number of benzene rings is 1. The monoisotopic (exact) mass is 298 g/mol. The van der Waals surface area contributed by atoms with Gasteiger partial charge in [0.2, 0.25) is 5.91 Å². The quantitative estimate of drug-likeness (QED) is 0.741. The molecule has 0 saturated heterocycles. The van der Waals surface area contributed by atoms with Gasteiger partial charge in [-0.25, -0.2) is 4.79 Å². The van der Waals surface area contributed by atoms with E-state index in [2.05, 4.69) is 10.3 Å². The van der Waals surface area contributed by atoms with Crippen LogP contribution in [0.3, 0.4) is 0 Å².